The first-order chi connectivity index (χ1) is 15.8. The fourth-order valence-electron chi connectivity index (χ4n) is 4.40. The molecule has 0 unspecified atom stereocenters. The molecule has 33 heavy (non-hydrogen) atoms. The van der Waals surface area contributed by atoms with Crippen molar-refractivity contribution in [1.29, 1.82) is 0 Å². The van der Waals surface area contributed by atoms with Crippen molar-refractivity contribution >= 4 is 28.3 Å². The van der Waals surface area contributed by atoms with Gasteiger partial charge >= 0.3 is 12.6 Å². The highest BCUT2D eigenvalue weighted by atomic mass is 19.3. The molecular formula is C25H22F3NO4. The van der Waals surface area contributed by atoms with Crippen LogP contribution in [0.25, 0.3) is 10.8 Å². The van der Waals surface area contributed by atoms with Crippen molar-refractivity contribution in [2.24, 2.45) is 0 Å². The number of nitrogens with zero attached hydrogens (tertiary/aromatic N) is 1. The Morgan fingerprint density at radius 2 is 1.91 bits per heavy atom. The molecule has 1 aliphatic heterocycles. The number of anilines is 1. The maximum atomic E-state index is 14.9. The first kappa shape index (κ1) is 22.6. The van der Waals surface area contributed by atoms with E-state index in [1.807, 2.05) is 6.92 Å². The van der Waals surface area contributed by atoms with Crippen LogP contribution in [0, 0.1) is 5.82 Å². The second-order valence-corrected chi connectivity index (χ2v) is 7.94. The molecule has 1 aliphatic rings. The highest BCUT2D eigenvalue weighted by Crippen LogP contribution is 2.43. The fraction of sp³-hybridized carbons (Fsp3) is 0.280. The zero-order valence-corrected chi connectivity index (χ0v) is 17.9. The predicted molar refractivity (Wildman–Crippen MR) is 117 cm³/mol. The average molecular weight is 457 g/mol. The lowest BCUT2D eigenvalue weighted by Gasteiger charge is -2.17. The molecule has 0 atom stereocenters. The molecule has 0 spiro atoms. The first-order valence-corrected chi connectivity index (χ1v) is 10.6. The van der Waals surface area contributed by atoms with E-state index < -0.39 is 24.3 Å². The van der Waals surface area contributed by atoms with Gasteiger partial charge in [-0.1, -0.05) is 43.7 Å². The minimum absolute atomic E-state index is 0.0427. The van der Waals surface area contributed by atoms with Crippen LogP contribution in [-0.2, 0) is 24.2 Å². The number of hydrogen-bond acceptors (Lipinski definition) is 3. The van der Waals surface area contributed by atoms with Gasteiger partial charge in [0, 0.05) is 10.9 Å². The van der Waals surface area contributed by atoms with Gasteiger partial charge in [0.05, 0.1) is 24.2 Å². The van der Waals surface area contributed by atoms with Crippen molar-refractivity contribution in [2.45, 2.75) is 45.8 Å². The van der Waals surface area contributed by atoms with Gasteiger partial charge in [0.1, 0.15) is 11.6 Å². The number of alkyl halides is 2. The van der Waals surface area contributed by atoms with Crippen molar-refractivity contribution in [3.05, 3.63) is 70.5 Å². The summed E-state index contributed by atoms with van der Waals surface area (Å²) >= 11 is 0. The molecule has 0 radical (unpaired) electrons. The molecule has 8 heteroatoms. The number of unbranched alkanes of at least 4 members (excludes halogenated alkanes) is 1. The Bertz CT molecular complexity index is 1240. The smallest absolute Gasteiger partial charge is 0.387 e. The minimum atomic E-state index is -3.09. The number of ether oxygens (including phenoxy) is 1. The van der Waals surface area contributed by atoms with Crippen LogP contribution < -0.4 is 9.64 Å². The number of amides is 1. The number of hydrogen-bond donors (Lipinski definition) is 1. The Morgan fingerprint density at radius 1 is 1.18 bits per heavy atom. The normalized spacial score (nSPS) is 13.1. The van der Waals surface area contributed by atoms with Crippen LogP contribution in [0.15, 0.2) is 42.5 Å². The lowest BCUT2D eigenvalue weighted by Crippen LogP contribution is -2.24. The quantitative estimate of drug-likeness (QED) is 0.471. The van der Waals surface area contributed by atoms with Crippen LogP contribution in [-0.4, -0.2) is 23.6 Å². The number of aryl methyl sites for hydroxylation is 1. The molecule has 0 aromatic heterocycles. The highest BCUT2D eigenvalue weighted by molar-refractivity contribution is 6.15. The number of fused-ring (bicyclic) bond motifs is 2. The molecule has 4 rings (SSSR count). The predicted octanol–water partition coefficient (Wildman–Crippen LogP) is 5.71. The maximum absolute atomic E-state index is 14.9. The van der Waals surface area contributed by atoms with Crippen molar-refractivity contribution in [1.82, 2.24) is 0 Å². The van der Waals surface area contributed by atoms with Crippen LogP contribution in [0.5, 0.6) is 5.75 Å². The monoisotopic (exact) mass is 457 g/mol. The van der Waals surface area contributed by atoms with E-state index in [2.05, 4.69) is 0 Å². The fourth-order valence-corrected chi connectivity index (χ4v) is 4.40. The van der Waals surface area contributed by atoms with E-state index in [0.29, 0.717) is 22.8 Å². The zero-order valence-electron chi connectivity index (χ0n) is 17.9. The molecule has 0 fully saturated rings. The van der Waals surface area contributed by atoms with E-state index in [-0.39, 0.29) is 35.5 Å². The molecule has 0 saturated heterocycles. The van der Waals surface area contributed by atoms with E-state index in [0.717, 1.165) is 24.5 Å². The third-order valence-corrected chi connectivity index (χ3v) is 5.80. The summed E-state index contributed by atoms with van der Waals surface area (Å²) in [6.45, 7) is -1.20. The number of rotatable bonds is 8. The van der Waals surface area contributed by atoms with Crippen molar-refractivity contribution in [2.75, 3.05) is 4.90 Å². The summed E-state index contributed by atoms with van der Waals surface area (Å²) in [7, 11) is 0. The lowest BCUT2D eigenvalue weighted by atomic mass is 9.91. The molecule has 172 valence electrons. The largest absolute Gasteiger partial charge is 0.481 e. The number of aliphatic carboxylic acids is 1. The summed E-state index contributed by atoms with van der Waals surface area (Å²) in [5.41, 5.74) is 1.52. The van der Waals surface area contributed by atoms with Gasteiger partial charge < -0.3 is 14.7 Å². The van der Waals surface area contributed by atoms with Gasteiger partial charge in [-0.2, -0.15) is 8.78 Å². The first-order valence-electron chi connectivity index (χ1n) is 10.6. The number of carboxylic acids is 1. The number of benzene rings is 3. The summed E-state index contributed by atoms with van der Waals surface area (Å²) < 4.78 is 46.4. The van der Waals surface area contributed by atoms with Gasteiger partial charge in [-0.05, 0) is 41.5 Å². The van der Waals surface area contributed by atoms with Crippen LogP contribution >= 0.6 is 0 Å². The van der Waals surface area contributed by atoms with E-state index in [1.165, 1.54) is 17.0 Å². The molecule has 1 amide bonds. The molecule has 0 bridgehead atoms. The van der Waals surface area contributed by atoms with Crippen molar-refractivity contribution < 1.29 is 32.6 Å². The molecule has 3 aromatic rings. The molecule has 5 nitrogen and oxygen atoms in total. The molecule has 0 aliphatic carbocycles. The lowest BCUT2D eigenvalue weighted by molar-refractivity contribution is -0.136. The number of carbonyl (C=O) groups is 2. The average Bonchev–Trinajstić information content (AvgIpc) is 3.10. The second-order valence-electron chi connectivity index (χ2n) is 7.94. The molecule has 0 saturated carbocycles. The third kappa shape index (κ3) is 4.25. The molecule has 1 N–H and O–H groups in total. The molecular weight excluding hydrogens is 435 g/mol. The molecule has 3 aromatic carbocycles. The number of halogens is 3. The van der Waals surface area contributed by atoms with E-state index >= 15 is 0 Å². The zero-order chi connectivity index (χ0) is 23.7. The number of carbonyl (C=O) groups excluding carboxylic acids is 1. The SMILES string of the molecule is CCCCc1c2c(c(OC(F)F)c3ccccc13)CN(c1ccc(CC(=O)O)cc1F)C2=O. The van der Waals surface area contributed by atoms with Crippen LogP contribution in [0.2, 0.25) is 0 Å². The van der Waals surface area contributed by atoms with Gasteiger partial charge in [0.2, 0.25) is 0 Å². The van der Waals surface area contributed by atoms with E-state index in [4.69, 9.17) is 9.84 Å². The van der Waals surface area contributed by atoms with Gasteiger partial charge in [-0.15, -0.1) is 0 Å². The van der Waals surface area contributed by atoms with Crippen molar-refractivity contribution in [3.8, 4) is 5.75 Å². The van der Waals surface area contributed by atoms with E-state index in [9.17, 15) is 22.8 Å². The Balaban J connectivity index is 1.87. The second kappa shape index (κ2) is 9.13. The summed E-state index contributed by atoms with van der Waals surface area (Å²) in [6, 6.07) is 10.8. The minimum Gasteiger partial charge on any atom is -0.481 e. The van der Waals surface area contributed by atoms with Crippen molar-refractivity contribution in [3.63, 3.8) is 0 Å². The summed E-state index contributed by atoms with van der Waals surface area (Å²) in [5, 5.41) is 10.1. The highest BCUT2D eigenvalue weighted by Gasteiger charge is 2.37. The van der Waals surface area contributed by atoms with Gasteiger partial charge in [0.25, 0.3) is 5.91 Å². The Morgan fingerprint density at radius 3 is 2.55 bits per heavy atom. The van der Waals surface area contributed by atoms with Crippen LogP contribution in [0.1, 0.15) is 46.8 Å². The Labute approximate surface area is 188 Å². The standard InChI is InChI=1S/C25H22F3NO4/c1-2-3-6-16-15-7-4-5-8-17(15)23(33-25(27)28)18-13-29(24(32)22(16)18)20-10-9-14(11-19(20)26)12-21(30)31/h4-5,7-11,25H,2-3,6,12-13H2,1H3,(H,30,31). The Kier molecular flexibility index (Phi) is 6.26. The van der Waals surface area contributed by atoms with Crippen LogP contribution in [0.4, 0.5) is 18.9 Å². The number of carboxylic acid groups (broad SMARTS) is 1. The van der Waals surface area contributed by atoms with E-state index in [1.54, 1.807) is 24.3 Å². The van der Waals surface area contributed by atoms with Gasteiger partial charge in [0.15, 0.2) is 0 Å². The third-order valence-electron chi connectivity index (χ3n) is 5.80. The van der Waals surface area contributed by atoms with Gasteiger partial charge in [-0.3, -0.25) is 9.59 Å². The topological polar surface area (TPSA) is 66.8 Å². The van der Waals surface area contributed by atoms with Gasteiger partial charge in [-0.25, -0.2) is 4.39 Å². The summed E-state index contributed by atoms with van der Waals surface area (Å²) in [6.07, 6.45) is 1.87. The van der Waals surface area contributed by atoms with Crippen LogP contribution in [0.3, 0.4) is 0 Å². The summed E-state index contributed by atoms with van der Waals surface area (Å²) in [4.78, 5) is 25.6. The Hall–Kier alpha value is -3.55. The molecule has 1 heterocycles. The summed E-state index contributed by atoms with van der Waals surface area (Å²) in [5.74, 6) is -2.43. The maximum Gasteiger partial charge on any atom is 0.387 e.